The Morgan fingerprint density at radius 3 is 2.31 bits per heavy atom. The molecular weight excluding hydrogens is 566 g/mol. The zero-order valence-corrected chi connectivity index (χ0v) is 25.3. The van der Waals surface area contributed by atoms with Crippen LogP contribution in [0.4, 0.5) is 17.1 Å². The van der Waals surface area contributed by atoms with Crippen LogP contribution in [0.15, 0.2) is 103 Å². The van der Waals surface area contributed by atoms with E-state index in [-0.39, 0.29) is 12.1 Å². The van der Waals surface area contributed by atoms with Crippen molar-refractivity contribution in [3.8, 4) is 0 Å². The second kappa shape index (κ2) is 12.1. The van der Waals surface area contributed by atoms with Crippen LogP contribution < -0.4 is 15.1 Å². The number of carbonyl (C=O) groups excluding carboxylic acids is 4. The summed E-state index contributed by atoms with van der Waals surface area (Å²) in [6.45, 7) is 1.64. The number of para-hydroxylation sites is 2. The van der Waals surface area contributed by atoms with Crippen molar-refractivity contribution < 1.29 is 19.2 Å². The predicted molar refractivity (Wildman–Crippen MR) is 175 cm³/mol. The van der Waals surface area contributed by atoms with E-state index in [0.29, 0.717) is 16.9 Å². The normalized spacial score (nSPS) is 13.1. The van der Waals surface area contributed by atoms with Gasteiger partial charge in [-0.25, -0.2) is 0 Å². The van der Waals surface area contributed by atoms with E-state index in [2.05, 4.69) is 10.3 Å². The van der Waals surface area contributed by atoms with Crippen LogP contribution >= 0.6 is 0 Å². The minimum absolute atomic E-state index is 0.0975. The van der Waals surface area contributed by atoms with Crippen molar-refractivity contribution in [3.05, 3.63) is 126 Å². The molecule has 0 saturated heterocycles. The average Bonchev–Trinajstić information content (AvgIpc) is 3.57. The zero-order chi connectivity index (χ0) is 31.7. The lowest BCUT2D eigenvalue weighted by Crippen LogP contribution is -2.46. The number of anilines is 3. The van der Waals surface area contributed by atoms with Gasteiger partial charge in [0.1, 0.15) is 12.6 Å². The fraction of sp³-hybridized carbons (Fsp3) is 0.167. The van der Waals surface area contributed by atoms with Crippen LogP contribution in [0.1, 0.15) is 33.1 Å². The minimum Gasteiger partial charge on any atom is -0.378 e. The number of hydrogen-bond acceptors (Lipinski definition) is 5. The van der Waals surface area contributed by atoms with Crippen LogP contribution in [0, 0.1) is 6.92 Å². The Morgan fingerprint density at radius 1 is 0.867 bits per heavy atom. The van der Waals surface area contributed by atoms with Crippen molar-refractivity contribution in [1.29, 1.82) is 0 Å². The number of aromatic nitrogens is 1. The summed E-state index contributed by atoms with van der Waals surface area (Å²) >= 11 is 0. The van der Waals surface area contributed by atoms with Gasteiger partial charge in [0.25, 0.3) is 17.6 Å². The van der Waals surface area contributed by atoms with Gasteiger partial charge in [0, 0.05) is 54.7 Å². The van der Waals surface area contributed by atoms with E-state index < -0.39 is 36.1 Å². The van der Waals surface area contributed by atoms with Crippen molar-refractivity contribution in [3.63, 3.8) is 0 Å². The van der Waals surface area contributed by atoms with Crippen molar-refractivity contribution in [2.24, 2.45) is 0 Å². The van der Waals surface area contributed by atoms with Gasteiger partial charge in [0.15, 0.2) is 0 Å². The van der Waals surface area contributed by atoms with Gasteiger partial charge in [-0.05, 0) is 60.5 Å². The molecule has 4 aromatic carbocycles. The third-order valence-electron chi connectivity index (χ3n) is 8.22. The molecule has 5 aromatic rings. The van der Waals surface area contributed by atoms with Crippen LogP contribution in [0.3, 0.4) is 0 Å². The van der Waals surface area contributed by atoms with Gasteiger partial charge in [-0.1, -0.05) is 54.6 Å². The Hall–Kier alpha value is -5.70. The van der Waals surface area contributed by atoms with E-state index in [1.54, 1.807) is 30.5 Å². The Kier molecular flexibility index (Phi) is 7.91. The lowest BCUT2D eigenvalue weighted by Gasteiger charge is -2.33. The molecule has 226 valence electrons. The maximum Gasteiger partial charge on any atom is 0.299 e. The summed E-state index contributed by atoms with van der Waals surface area (Å²) in [5.74, 6) is -2.32. The van der Waals surface area contributed by atoms with E-state index in [1.165, 1.54) is 9.80 Å². The summed E-state index contributed by atoms with van der Waals surface area (Å²) in [5, 5.41) is 3.81. The molecule has 6 rings (SSSR count). The minimum atomic E-state index is -1.08. The molecule has 3 amide bonds. The first-order chi connectivity index (χ1) is 21.7. The third kappa shape index (κ3) is 5.68. The molecule has 1 aromatic heterocycles. The summed E-state index contributed by atoms with van der Waals surface area (Å²) in [5.41, 5.74) is 5.42. The number of ketones is 1. The number of aryl methyl sites for hydroxylation is 1. The number of Topliss-reactive ketones (excluding diaryl/α,β-unsaturated/α-hetero) is 1. The fourth-order valence-corrected chi connectivity index (χ4v) is 5.75. The number of fused-ring (bicyclic) bond motifs is 2. The summed E-state index contributed by atoms with van der Waals surface area (Å²) < 4.78 is 0. The number of aromatic amines is 1. The van der Waals surface area contributed by atoms with Crippen LogP contribution in [-0.2, 0) is 20.9 Å². The van der Waals surface area contributed by atoms with Gasteiger partial charge >= 0.3 is 0 Å². The number of benzene rings is 4. The van der Waals surface area contributed by atoms with Crippen molar-refractivity contribution in [2.45, 2.75) is 19.5 Å². The molecule has 1 atom stereocenters. The molecule has 0 spiro atoms. The number of hydrogen-bond donors (Lipinski definition) is 2. The number of nitrogens with zero attached hydrogens (tertiary/aromatic N) is 3. The Labute approximate surface area is 261 Å². The Bertz CT molecular complexity index is 1930. The van der Waals surface area contributed by atoms with Gasteiger partial charge in [-0.15, -0.1) is 0 Å². The highest BCUT2D eigenvalue weighted by Gasteiger charge is 2.40. The number of amides is 3. The Balaban J connectivity index is 1.43. The van der Waals surface area contributed by atoms with Crippen LogP contribution in [0.25, 0.3) is 10.9 Å². The monoisotopic (exact) mass is 599 g/mol. The molecule has 45 heavy (non-hydrogen) atoms. The molecule has 0 saturated carbocycles. The molecule has 0 bridgehead atoms. The Morgan fingerprint density at radius 2 is 1.56 bits per heavy atom. The molecule has 1 aliphatic heterocycles. The molecule has 2 N–H and O–H groups in total. The lowest BCUT2D eigenvalue weighted by molar-refractivity contribution is -0.139. The summed E-state index contributed by atoms with van der Waals surface area (Å²) in [7, 11) is 3.87. The van der Waals surface area contributed by atoms with Gasteiger partial charge in [-0.3, -0.25) is 24.1 Å². The number of rotatable bonds is 9. The lowest BCUT2D eigenvalue weighted by atomic mass is 10.0. The van der Waals surface area contributed by atoms with Crippen molar-refractivity contribution in [1.82, 2.24) is 9.88 Å². The first-order valence-corrected chi connectivity index (χ1v) is 14.7. The van der Waals surface area contributed by atoms with E-state index in [4.69, 9.17) is 0 Å². The van der Waals surface area contributed by atoms with E-state index in [9.17, 15) is 19.2 Å². The van der Waals surface area contributed by atoms with Gasteiger partial charge in [-0.2, -0.15) is 0 Å². The van der Waals surface area contributed by atoms with Crippen molar-refractivity contribution in [2.75, 3.05) is 35.8 Å². The standard InChI is InChI=1S/C36H33N5O4/c1-23-10-4-5-11-24(23)21-41(32(42)22-40-31-15-9-7-13-28(31)34(43)36(40)45)33(29-20-37-30-14-8-6-12-27(29)30)35(44)38-25-16-18-26(19-17-25)39(2)3/h4-20,33,37H,21-22H2,1-3H3,(H,38,44)/t33-/m1/s1. The van der Waals surface area contributed by atoms with Gasteiger partial charge in [0.05, 0.1) is 11.3 Å². The fourth-order valence-electron chi connectivity index (χ4n) is 5.75. The van der Waals surface area contributed by atoms with Gasteiger partial charge < -0.3 is 20.1 Å². The summed E-state index contributed by atoms with van der Waals surface area (Å²) in [6, 6.07) is 28.3. The molecule has 9 heteroatoms. The van der Waals surface area contributed by atoms with Crippen LogP contribution in [0.5, 0.6) is 0 Å². The summed E-state index contributed by atoms with van der Waals surface area (Å²) in [6.07, 6.45) is 1.75. The molecule has 0 unspecified atom stereocenters. The topological polar surface area (TPSA) is 106 Å². The number of carbonyl (C=O) groups is 4. The maximum atomic E-state index is 14.5. The van der Waals surface area contributed by atoms with E-state index >= 15 is 0 Å². The number of H-pyrrole nitrogens is 1. The molecule has 0 aliphatic carbocycles. The molecule has 2 heterocycles. The molecule has 9 nitrogen and oxygen atoms in total. The quantitative estimate of drug-likeness (QED) is 0.218. The first-order valence-electron chi connectivity index (χ1n) is 14.7. The molecule has 0 radical (unpaired) electrons. The van der Waals surface area contributed by atoms with Crippen LogP contribution in [0.2, 0.25) is 0 Å². The molecular formula is C36H33N5O4. The van der Waals surface area contributed by atoms with Crippen LogP contribution in [-0.4, -0.2) is 54.0 Å². The molecule has 0 fully saturated rings. The van der Waals surface area contributed by atoms with E-state index in [0.717, 1.165) is 27.7 Å². The average molecular weight is 600 g/mol. The second-order valence-corrected chi connectivity index (χ2v) is 11.3. The predicted octanol–water partition coefficient (Wildman–Crippen LogP) is 5.48. The highest BCUT2D eigenvalue weighted by atomic mass is 16.2. The highest BCUT2D eigenvalue weighted by Crippen LogP contribution is 2.33. The smallest absolute Gasteiger partial charge is 0.299 e. The first kappa shape index (κ1) is 29.4. The zero-order valence-electron chi connectivity index (χ0n) is 25.3. The molecule has 1 aliphatic rings. The summed E-state index contributed by atoms with van der Waals surface area (Å²) in [4.78, 5) is 62.6. The van der Waals surface area contributed by atoms with E-state index in [1.807, 2.05) is 98.7 Å². The second-order valence-electron chi connectivity index (χ2n) is 11.3. The number of nitrogens with one attached hydrogen (secondary N) is 2. The maximum absolute atomic E-state index is 14.5. The van der Waals surface area contributed by atoms with Gasteiger partial charge in [0.2, 0.25) is 5.91 Å². The third-order valence-corrected chi connectivity index (χ3v) is 8.22. The SMILES string of the molecule is Cc1ccccc1CN(C(=O)CN1C(=O)C(=O)c2ccccc21)[C@@H](C(=O)Nc1ccc(N(C)C)cc1)c1c[nH]c2ccccc12. The van der Waals surface area contributed by atoms with Crippen molar-refractivity contribution >= 4 is 51.5 Å². The highest BCUT2D eigenvalue weighted by molar-refractivity contribution is 6.52. The largest absolute Gasteiger partial charge is 0.378 e.